The van der Waals surface area contributed by atoms with Crippen LogP contribution in [0.15, 0.2) is 48.5 Å². The van der Waals surface area contributed by atoms with Gasteiger partial charge >= 0.3 is 0 Å². The van der Waals surface area contributed by atoms with Crippen LogP contribution in [0.5, 0.6) is 11.5 Å². The maximum atomic E-state index is 12.7. The molecule has 0 aromatic heterocycles. The van der Waals surface area contributed by atoms with Gasteiger partial charge in [0, 0.05) is 33.6 Å². The molecule has 0 spiro atoms. The van der Waals surface area contributed by atoms with Gasteiger partial charge in [0.25, 0.3) is 0 Å². The summed E-state index contributed by atoms with van der Waals surface area (Å²) in [6, 6.07) is 14.8. The number of methoxy groups -OCH3 is 2. The minimum absolute atomic E-state index is 0.0177. The summed E-state index contributed by atoms with van der Waals surface area (Å²) in [6.07, 6.45) is 0.982. The predicted molar refractivity (Wildman–Crippen MR) is 117 cm³/mol. The molecule has 0 aliphatic rings. The Labute approximate surface area is 179 Å². The molecule has 6 nitrogen and oxygen atoms in total. The molecule has 164 valence electrons. The van der Waals surface area contributed by atoms with Gasteiger partial charge in [0.2, 0.25) is 5.91 Å². The highest BCUT2D eigenvalue weighted by molar-refractivity contribution is 5.76. The van der Waals surface area contributed by atoms with Crippen molar-refractivity contribution in [3.05, 3.63) is 59.7 Å². The number of aliphatic hydroxyl groups is 1. The first kappa shape index (κ1) is 23.7. The van der Waals surface area contributed by atoms with Gasteiger partial charge in [-0.1, -0.05) is 36.4 Å². The first-order valence-corrected chi connectivity index (χ1v) is 10.2. The highest BCUT2D eigenvalue weighted by Gasteiger charge is 2.23. The van der Waals surface area contributed by atoms with Crippen molar-refractivity contribution in [2.24, 2.45) is 0 Å². The normalized spacial score (nSPS) is 12.8. The Morgan fingerprint density at radius 3 is 2.47 bits per heavy atom. The van der Waals surface area contributed by atoms with Crippen molar-refractivity contribution in [1.82, 2.24) is 4.90 Å². The van der Waals surface area contributed by atoms with Gasteiger partial charge in [0.05, 0.1) is 25.9 Å². The first-order valence-electron chi connectivity index (χ1n) is 10.2. The maximum absolute atomic E-state index is 12.7. The maximum Gasteiger partial charge on any atom is 0.222 e. The standard InChI is InChI=1S/C24H33NO5/c1-18(24(27)20-9-6-5-7-10-20)25(2)23(26)14-12-19-11-13-21(29-4)22(17-19)30-16-8-15-28-3/h5-7,9-11,13,17-18,24,27H,8,12,14-16H2,1-4H3/t18-,24+/m0/s1. The van der Waals surface area contributed by atoms with Gasteiger partial charge in [-0.3, -0.25) is 4.79 Å². The molecule has 2 aromatic rings. The summed E-state index contributed by atoms with van der Waals surface area (Å²) in [5, 5.41) is 10.6. The number of rotatable bonds is 12. The predicted octanol–water partition coefficient (Wildman–Crippen LogP) is 3.62. The van der Waals surface area contributed by atoms with Crippen molar-refractivity contribution in [3.8, 4) is 11.5 Å². The van der Waals surface area contributed by atoms with Crippen molar-refractivity contribution in [1.29, 1.82) is 0 Å². The van der Waals surface area contributed by atoms with E-state index in [2.05, 4.69) is 0 Å². The number of hydrogen-bond donors (Lipinski definition) is 1. The minimum atomic E-state index is -0.728. The number of hydrogen-bond acceptors (Lipinski definition) is 5. The van der Waals surface area contributed by atoms with E-state index in [9.17, 15) is 9.90 Å². The van der Waals surface area contributed by atoms with Crippen molar-refractivity contribution in [2.75, 3.05) is 34.5 Å². The summed E-state index contributed by atoms with van der Waals surface area (Å²) in [4.78, 5) is 14.3. The summed E-state index contributed by atoms with van der Waals surface area (Å²) in [5.41, 5.74) is 1.80. The minimum Gasteiger partial charge on any atom is -0.493 e. The fourth-order valence-corrected chi connectivity index (χ4v) is 3.17. The average Bonchev–Trinajstić information content (AvgIpc) is 2.79. The molecular formula is C24H33NO5. The molecule has 2 atom stereocenters. The van der Waals surface area contributed by atoms with E-state index in [0.29, 0.717) is 37.6 Å². The van der Waals surface area contributed by atoms with E-state index >= 15 is 0 Å². The lowest BCUT2D eigenvalue weighted by Gasteiger charge is -2.29. The molecule has 2 aromatic carbocycles. The zero-order valence-corrected chi connectivity index (χ0v) is 18.3. The Morgan fingerprint density at radius 2 is 1.80 bits per heavy atom. The van der Waals surface area contributed by atoms with Crippen LogP contribution in [0.2, 0.25) is 0 Å². The number of benzene rings is 2. The van der Waals surface area contributed by atoms with Gasteiger partial charge in [0.1, 0.15) is 0 Å². The Kier molecular flexibility index (Phi) is 9.64. The van der Waals surface area contributed by atoms with Crippen LogP contribution in [0, 0.1) is 0 Å². The number of nitrogens with zero attached hydrogens (tertiary/aromatic N) is 1. The van der Waals surface area contributed by atoms with Crippen LogP contribution in [0.4, 0.5) is 0 Å². The third-order valence-corrected chi connectivity index (χ3v) is 5.21. The van der Waals surface area contributed by atoms with Crippen LogP contribution < -0.4 is 9.47 Å². The fourth-order valence-electron chi connectivity index (χ4n) is 3.17. The largest absolute Gasteiger partial charge is 0.493 e. The Hall–Kier alpha value is -2.57. The summed E-state index contributed by atoms with van der Waals surface area (Å²) < 4.78 is 16.2. The van der Waals surface area contributed by atoms with Crippen molar-refractivity contribution in [2.45, 2.75) is 38.3 Å². The molecule has 6 heteroatoms. The van der Waals surface area contributed by atoms with E-state index in [1.54, 1.807) is 26.2 Å². The van der Waals surface area contributed by atoms with Gasteiger partial charge in [-0.2, -0.15) is 0 Å². The average molecular weight is 416 g/mol. The van der Waals surface area contributed by atoms with Crippen LogP contribution in [0.1, 0.15) is 37.0 Å². The third-order valence-electron chi connectivity index (χ3n) is 5.21. The van der Waals surface area contributed by atoms with Crippen molar-refractivity contribution >= 4 is 5.91 Å². The smallest absolute Gasteiger partial charge is 0.222 e. The Morgan fingerprint density at radius 1 is 1.07 bits per heavy atom. The molecule has 0 saturated carbocycles. The SMILES string of the molecule is COCCCOc1cc(CCC(=O)N(C)[C@@H](C)[C@@H](O)c2ccccc2)ccc1OC. The number of amides is 1. The van der Waals surface area contributed by atoms with Crippen LogP contribution in [-0.4, -0.2) is 56.4 Å². The zero-order valence-electron chi connectivity index (χ0n) is 18.3. The molecule has 1 N–H and O–H groups in total. The van der Waals surface area contributed by atoms with E-state index in [4.69, 9.17) is 14.2 Å². The molecule has 30 heavy (non-hydrogen) atoms. The molecule has 0 fully saturated rings. The van der Waals surface area contributed by atoms with Gasteiger partial charge in [-0.25, -0.2) is 0 Å². The molecule has 0 heterocycles. The number of likely N-dealkylation sites (N-methyl/N-ethyl adjacent to an activating group) is 1. The first-order chi connectivity index (χ1) is 14.5. The van der Waals surface area contributed by atoms with Gasteiger partial charge in [-0.15, -0.1) is 0 Å². The molecule has 0 aliphatic heterocycles. The monoisotopic (exact) mass is 415 g/mol. The Bertz CT molecular complexity index is 780. The van der Waals surface area contributed by atoms with Gasteiger partial charge in [0.15, 0.2) is 11.5 Å². The molecule has 0 aliphatic carbocycles. The zero-order chi connectivity index (χ0) is 21.9. The van der Waals surface area contributed by atoms with E-state index in [-0.39, 0.29) is 11.9 Å². The van der Waals surface area contributed by atoms with Crippen molar-refractivity contribution in [3.63, 3.8) is 0 Å². The summed E-state index contributed by atoms with van der Waals surface area (Å²) in [6.45, 7) is 3.02. The summed E-state index contributed by atoms with van der Waals surface area (Å²) >= 11 is 0. The topological polar surface area (TPSA) is 68.2 Å². The number of aliphatic hydroxyl groups excluding tert-OH is 1. The second-order valence-corrected chi connectivity index (χ2v) is 7.28. The highest BCUT2D eigenvalue weighted by Crippen LogP contribution is 2.29. The Balaban J connectivity index is 1.94. The van der Waals surface area contributed by atoms with Crippen molar-refractivity contribution < 1.29 is 24.1 Å². The molecule has 0 unspecified atom stereocenters. The number of carbonyl (C=O) groups is 1. The lowest BCUT2D eigenvalue weighted by atomic mass is 10.0. The van der Waals surface area contributed by atoms with E-state index in [0.717, 1.165) is 17.5 Å². The quantitative estimate of drug-likeness (QED) is 0.536. The van der Waals surface area contributed by atoms with Crippen LogP contribution in [0.25, 0.3) is 0 Å². The van der Waals surface area contributed by atoms with Gasteiger partial charge in [-0.05, 0) is 36.6 Å². The van der Waals surface area contributed by atoms with E-state index in [1.807, 2.05) is 55.5 Å². The van der Waals surface area contributed by atoms with Crippen LogP contribution >= 0.6 is 0 Å². The molecule has 0 radical (unpaired) electrons. The fraction of sp³-hybridized carbons (Fsp3) is 0.458. The molecule has 2 rings (SSSR count). The lowest BCUT2D eigenvalue weighted by molar-refractivity contribution is -0.133. The summed E-state index contributed by atoms with van der Waals surface area (Å²) in [7, 11) is 5.00. The van der Waals surface area contributed by atoms with Gasteiger partial charge < -0.3 is 24.2 Å². The van der Waals surface area contributed by atoms with Crippen LogP contribution in [-0.2, 0) is 16.0 Å². The molecular weight excluding hydrogens is 382 g/mol. The molecule has 0 saturated heterocycles. The number of ether oxygens (including phenoxy) is 3. The summed E-state index contributed by atoms with van der Waals surface area (Å²) in [5.74, 6) is 1.31. The lowest BCUT2D eigenvalue weighted by Crippen LogP contribution is -2.39. The number of aryl methyl sites for hydroxylation is 1. The molecule has 1 amide bonds. The van der Waals surface area contributed by atoms with E-state index in [1.165, 1.54) is 0 Å². The van der Waals surface area contributed by atoms with E-state index < -0.39 is 6.10 Å². The second-order valence-electron chi connectivity index (χ2n) is 7.28. The molecule has 0 bridgehead atoms. The highest BCUT2D eigenvalue weighted by atomic mass is 16.5. The number of carbonyl (C=O) groups excluding carboxylic acids is 1. The van der Waals surface area contributed by atoms with Crippen LogP contribution in [0.3, 0.4) is 0 Å². The third kappa shape index (κ3) is 6.75. The second kappa shape index (κ2) is 12.2.